The number of anilines is 2. The van der Waals surface area contributed by atoms with Crippen molar-refractivity contribution in [3.05, 3.63) is 65.9 Å². The quantitative estimate of drug-likeness (QED) is 0.407. The molecule has 2 aromatic carbocycles. The Kier molecular flexibility index (Phi) is 8.28. The number of likely N-dealkylation sites (N-methyl/N-ethyl adjacent to an activating group) is 1. The number of amides is 1. The minimum atomic E-state index is -0.329. The van der Waals surface area contributed by atoms with E-state index < -0.39 is 0 Å². The maximum absolute atomic E-state index is 12.6. The topological polar surface area (TPSA) is 120 Å². The van der Waals surface area contributed by atoms with Crippen LogP contribution in [0.15, 0.2) is 49.1 Å². The number of nitriles is 2. The molecule has 226 valence electrons. The highest BCUT2D eigenvalue weighted by atomic mass is 16.5. The summed E-state index contributed by atoms with van der Waals surface area (Å²) < 4.78 is 6.37. The van der Waals surface area contributed by atoms with Crippen molar-refractivity contribution in [2.45, 2.75) is 44.3 Å². The lowest BCUT2D eigenvalue weighted by Crippen LogP contribution is -2.55. The lowest BCUT2D eigenvalue weighted by Gasteiger charge is -2.43. The van der Waals surface area contributed by atoms with Crippen LogP contribution in [0.1, 0.15) is 36.1 Å². The molecule has 0 spiro atoms. The highest BCUT2D eigenvalue weighted by molar-refractivity contribution is 5.96. The zero-order valence-electron chi connectivity index (χ0n) is 25.1. The van der Waals surface area contributed by atoms with Crippen molar-refractivity contribution < 1.29 is 14.6 Å². The fraction of sp³-hybridized carbons (Fsp3) is 0.412. The Morgan fingerprint density at radius 1 is 1.16 bits per heavy atom. The first-order valence-electron chi connectivity index (χ1n) is 15.2. The normalized spacial score (nSPS) is 20.2. The number of phenols is 1. The third-order valence-corrected chi connectivity index (χ3v) is 9.24. The van der Waals surface area contributed by atoms with Crippen molar-refractivity contribution in [2.75, 3.05) is 56.2 Å². The Morgan fingerprint density at radius 2 is 2.00 bits per heavy atom. The first kappa shape index (κ1) is 29.3. The van der Waals surface area contributed by atoms with Crippen molar-refractivity contribution in [2.24, 2.45) is 0 Å². The lowest BCUT2D eigenvalue weighted by atomic mass is 9.96. The average Bonchev–Trinajstić information content (AvgIpc) is 3.46. The molecule has 6 rings (SSSR count). The monoisotopic (exact) mass is 591 g/mol. The summed E-state index contributed by atoms with van der Waals surface area (Å²) in [5.74, 6) is 0.338. The lowest BCUT2D eigenvalue weighted by molar-refractivity contribution is -0.128. The molecule has 0 aliphatic carbocycles. The zero-order chi connectivity index (χ0) is 30.8. The smallest absolute Gasteiger partial charge is 0.246 e. The Bertz CT molecular complexity index is 1680. The third kappa shape index (κ3) is 5.49. The Balaban J connectivity index is 1.41. The zero-order valence-corrected chi connectivity index (χ0v) is 25.1. The van der Waals surface area contributed by atoms with Gasteiger partial charge < -0.3 is 29.4 Å². The number of carbonyl (C=O) groups is 1. The van der Waals surface area contributed by atoms with Gasteiger partial charge in [-0.3, -0.25) is 4.79 Å². The van der Waals surface area contributed by atoms with E-state index in [1.807, 2.05) is 18.2 Å². The van der Waals surface area contributed by atoms with Gasteiger partial charge in [0, 0.05) is 54.9 Å². The largest absolute Gasteiger partial charge is 0.508 e. The molecular formula is C34H37N7O3. The first-order chi connectivity index (χ1) is 21.4. The number of ether oxygens (including phenoxy) is 1. The molecular weight excluding hydrogens is 554 g/mol. The standard InChI is InChI=1S/C34H37N7O3/c1-3-32(43)41-16-15-40(20-24(41)10-12-35)33-28-11-14-39(31-18-26(42)17-23-7-4-5-9-27(23)31)21-30(28)37-34(29(33)19-36)44-22-25-8-6-13-38(25)2/h3-5,7,9,17-18,24-25,42H,1,6,8,10-11,13-16,20-22H2,2H3. The van der Waals surface area contributed by atoms with Crippen LogP contribution in [0.2, 0.25) is 0 Å². The SMILES string of the molecule is C=CC(=O)N1CCN(c2c(C#N)c(OCC3CCCN3C)nc3c2CCN(c2cc(O)cc4ccccc24)C3)CC1CC#N. The summed E-state index contributed by atoms with van der Waals surface area (Å²) >= 11 is 0. The van der Waals surface area contributed by atoms with Crippen LogP contribution < -0.4 is 14.5 Å². The molecule has 44 heavy (non-hydrogen) atoms. The van der Waals surface area contributed by atoms with E-state index in [9.17, 15) is 20.4 Å². The van der Waals surface area contributed by atoms with Crippen LogP contribution in [0.3, 0.4) is 0 Å². The molecule has 3 aliphatic rings. The Hall–Kier alpha value is -4.80. The number of nitrogens with zero attached hydrogens (tertiary/aromatic N) is 7. The van der Waals surface area contributed by atoms with E-state index in [-0.39, 0.29) is 30.2 Å². The number of benzene rings is 2. The number of rotatable bonds is 7. The van der Waals surface area contributed by atoms with E-state index >= 15 is 0 Å². The van der Waals surface area contributed by atoms with Gasteiger partial charge in [0.1, 0.15) is 24.0 Å². The van der Waals surface area contributed by atoms with E-state index in [1.54, 1.807) is 17.0 Å². The summed E-state index contributed by atoms with van der Waals surface area (Å²) in [4.78, 5) is 25.9. The molecule has 3 aliphatic heterocycles. The summed E-state index contributed by atoms with van der Waals surface area (Å²) in [6.45, 7) is 7.60. The minimum Gasteiger partial charge on any atom is -0.508 e. The molecule has 0 radical (unpaired) electrons. The van der Waals surface area contributed by atoms with Gasteiger partial charge in [0.15, 0.2) is 0 Å². The summed E-state index contributed by atoms with van der Waals surface area (Å²) in [6, 6.07) is 16.1. The highest BCUT2D eigenvalue weighted by Crippen LogP contribution is 2.40. The predicted molar refractivity (Wildman–Crippen MR) is 169 cm³/mol. The molecule has 1 amide bonds. The first-order valence-corrected chi connectivity index (χ1v) is 15.2. The van der Waals surface area contributed by atoms with Crippen molar-refractivity contribution in [3.8, 4) is 23.8 Å². The van der Waals surface area contributed by atoms with Gasteiger partial charge in [0.25, 0.3) is 0 Å². The van der Waals surface area contributed by atoms with Gasteiger partial charge >= 0.3 is 0 Å². The molecule has 2 saturated heterocycles. The van der Waals surface area contributed by atoms with Crippen LogP contribution in [0.25, 0.3) is 10.8 Å². The second-order valence-corrected chi connectivity index (χ2v) is 11.8. The average molecular weight is 592 g/mol. The molecule has 2 atom stereocenters. The van der Waals surface area contributed by atoms with Crippen LogP contribution in [-0.2, 0) is 17.8 Å². The summed E-state index contributed by atoms with van der Waals surface area (Å²) in [5, 5.41) is 32.6. The fourth-order valence-electron chi connectivity index (χ4n) is 6.94. The number of piperazine rings is 1. The minimum absolute atomic E-state index is 0.182. The van der Waals surface area contributed by atoms with E-state index in [2.05, 4.69) is 46.5 Å². The summed E-state index contributed by atoms with van der Waals surface area (Å²) in [6.07, 6.45) is 4.25. The summed E-state index contributed by atoms with van der Waals surface area (Å²) in [7, 11) is 2.09. The van der Waals surface area contributed by atoms with Gasteiger partial charge in [0.2, 0.25) is 11.8 Å². The number of aromatic hydroxyl groups is 1. The second kappa shape index (κ2) is 12.4. The van der Waals surface area contributed by atoms with Gasteiger partial charge in [0.05, 0.1) is 36.5 Å². The van der Waals surface area contributed by atoms with Crippen LogP contribution in [-0.4, -0.2) is 84.3 Å². The van der Waals surface area contributed by atoms with Crippen LogP contribution >= 0.6 is 0 Å². The number of likely N-dealkylation sites (tertiary alicyclic amines) is 1. The number of phenolic OH excluding ortho intramolecular Hbond substituents is 1. The highest BCUT2D eigenvalue weighted by Gasteiger charge is 2.35. The maximum Gasteiger partial charge on any atom is 0.246 e. The molecule has 1 N–H and O–H groups in total. The fourth-order valence-corrected chi connectivity index (χ4v) is 6.94. The van der Waals surface area contributed by atoms with Gasteiger partial charge in [-0.05, 0) is 50.4 Å². The molecule has 1 aromatic heterocycles. The maximum atomic E-state index is 12.6. The number of hydrogen-bond donors (Lipinski definition) is 1. The second-order valence-electron chi connectivity index (χ2n) is 11.8. The van der Waals surface area contributed by atoms with Gasteiger partial charge in [-0.2, -0.15) is 10.5 Å². The molecule has 10 heteroatoms. The van der Waals surface area contributed by atoms with E-state index in [4.69, 9.17) is 9.72 Å². The van der Waals surface area contributed by atoms with Crippen LogP contribution in [0.4, 0.5) is 11.4 Å². The van der Waals surface area contributed by atoms with E-state index in [1.165, 1.54) is 6.08 Å². The number of carbonyl (C=O) groups excluding carboxylic acids is 1. The summed E-state index contributed by atoms with van der Waals surface area (Å²) in [5.41, 5.74) is 3.95. The van der Waals surface area contributed by atoms with Crippen LogP contribution in [0, 0.1) is 22.7 Å². The molecule has 4 heterocycles. The molecule has 3 aromatic rings. The van der Waals surface area contributed by atoms with Gasteiger partial charge in [-0.25, -0.2) is 4.98 Å². The van der Waals surface area contributed by atoms with E-state index in [0.717, 1.165) is 52.8 Å². The Labute approximate surface area is 258 Å². The molecule has 10 nitrogen and oxygen atoms in total. The van der Waals surface area contributed by atoms with Crippen LogP contribution in [0.5, 0.6) is 11.6 Å². The number of fused-ring (bicyclic) bond motifs is 2. The Morgan fingerprint density at radius 3 is 2.75 bits per heavy atom. The van der Waals surface area contributed by atoms with Crippen molar-refractivity contribution >= 4 is 28.1 Å². The van der Waals surface area contributed by atoms with Crippen molar-refractivity contribution in [1.29, 1.82) is 10.5 Å². The molecule has 0 bridgehead atoms. The van der Waals surface area contributed by atoms with Crippen molar-refractivity contribution in [3.63, 3.8) is 0 Å². The predicted octanol–water partition coefficient (Wildman–Crippen LogP) is 3.96. The van der Waals surface area contributed by atoms with Gasteiger partial charge in [-0.1, -0.05) is 30.8 Å². The molecule has 2 fully saturated rings. The van der Waals surface area contributed by atoms with Gasteiger partial charge in [-0.15, -0.1) is 0 Å². The molecule has 0 saturated carbocycles. The third-order valence-electron chi connectivity index (χ3n) is 9.24. The van der Waals surface area contributed by atoms with Crippen molar-refractivity contribution in [1.82, 2.24) is 14.8 Å². The number of pyridine rings is 1. The number of hydrogen-bond acceptors (Lipinski definition) is 9. The molecule has 2 unspecified atom stereocenters. The number of aromatic nitrogens is 1. The van der Waals surface area contributed by atoms with E-state index in [0.29, 0.717) is 57.2 Å².